The Balaban J connectivity index is 2.45. The Morgan fingerprint density at radius 2 is 1.65 bits per heavy atom. The molecule has 1 aromatic rings. The van der Waals surface area contributed by atoms with Crippen LogP contribution in [0.1, 0.15) is 19.4 Å². The molecule has 20 heavy (non-hydrogen) atoms. The van der Waals surface area contributed by atoms with Crippen molar-refractivity contribution in [2.45, 2.75) is 40.0 Å². The normalized spacial score (nSPS) is 11.4. The number of carbonyl (C=O) groups is 1. The van der Waals surface area contributed by atoms with Crippen molar-refractivity contribution in [3.63, 3.8) is 0 Å². The van der Waals surface area contributed by atoms with Crippen LogP contribution in [0.15, 0.2) is 24.3 Å². The lowest BCUT2D eigenvalue weighted by atomic mass is 10.2. The van der Waals surface area contributed by atoms with E-state index in [1.807, 2.05) is 18.7 Å². The van der Waals surface area contributed by atoms with Crippen LogP contribution >= 0.6 is 0 Å². The molecule has 0 saturated carbocycles. The van der Waals surface area contributed by atoms with Gasteiger partial charge in [0.15, 0.2) is 0 Å². The summed E-state index contributed by atoms with van der Waals surface area (Å²) in [7, 11) is -1.21. The van der Waals surface area contributed by atoms with Crippen LogP contribution in [-0.4, -0.2) is 38.5 Å². The molecule has 0 saturated heterocycles. The van der Waals surface area contributed by atoms with Gasteiger partial charge in [0.25, 0.3) is 0 Å². The molecule has 0 aromatic heterocycles. The van der Waals surface area contributed by atoms with E-state index in [1.165, 1.54) is 10.8 Å². The van der Waals surface area contributed by atoms with Gasteiger partial charge in [-0.05, 0) is 19.4 Å². The maximum atomic E-state index is 11.9. The highest BCUT2D eigenvalue weighted by atomic mass is 28.3. The molecule has 1 aromatic carbocycles. The van der Waals surface area contributed by atoms with E-state index in [-0.39, 0.29) is 5.91 Å². The lowest BCUT2D eigenvalue weighted by Gasteiger charge is -2.19. The third-order valence-electron chi connectivity index (χ3n) is 3.54. The molecule has 0 spiro atoms. The Morgan fingerprint density at radius 3 is 2.10 bits per heavy atom. The number of hydrogen-bond donors (Lipinski definition) is 1. The zero-order chi connectivity index (χ0) is 15.2. The molecule has 0 aliphatic rings. The first kappa shape index (κ1) is 16.9. The monoisotopic (exact) mass is 292 g/mol. The van der Waals surface area contributed by atoms with Crippen molar-refractivity contribution in [2.75, 3.05) is 19.6 Å². The van der Waals surface area contributed by atoms with Gasteiger partial charge in [-0.15, -0.1) is 0 Å². The van der Waals surface area contributed by atoms with Crippen molar-refractivity contribution in [1.82, 2.24) is 10.2 Å². The molecule has 0 atom stereocenters. The lowest BCUT2D eigenvalue weighted by molar-refractivity contribution is -0.129. The van der Waals surface area contributed by atoms with Gasteiger partial charge in [0, 0.05) is 19.6 Å². The minimum Gasteiger partial charge on any atom is -0.342 e. The van der Waals surface area contributed by atoms with Gasteiger partial charge >= 0.3 is 0 Å². The van der Waals surface area contributed by atoms with E-state index < -0.39 is 8.07 Å². The first-order valence-electron chi connectivity index (χ1n) is 7.46. The summed E-state index contributed by atoms with van der Waals surface area (Å²) >= 11 is 0. The van der Waals surface area contributed by atoms with E-state index >= 15 is 0 Å². The predicted molar refractivity (Wildman–Crippen MR) is 89.1 cm³/mol. The quantitative estimate of drug-likeness (QED) is 0.781. The average molecular weight is 292 g/mol. The fraction of sp³-hybridized carbons (Fsp3) is 0.562. The molecule has 1 N–H and O–H groups in total. The summed E-state index contributed by atoms with van der Waals surface area (Å²) in [4.78, 5) is 13.7. The molecule has 0 fully saturated rings. The number of nitrogens with zero attached hydrogens (tertiary/aromatic N) is 1. The van der Waals surface area contributed by atoms with Crippen molar-refractivity contribution in [3.8, 4) is 0 Å². The van der Waals surface area contributed by atoms with Gasteiger partial charge in [0.05, 0.1) is 14.6 Å². The van der Waals surface area contributed by atoms with Crippen LogP contribution in [-0.2, 0) is 11.3 Å². The second-order valence-corrected chi connectivity index (χ2v) is 11.2. The summed E-state index contributed by atoms with van der Waals surface area (Å²) in [5, 5.41) is 4.70. The average Bonchev–Trinajstić information content (AvgIpc) is 2.39. The van der Waals surface area contributed by atoms with E-state index in [2.05, 4.69) is 49.2 Å². The first-order chi connectivity index (χ1) is 9.38. The van der Waals surface area contributed by atoms with Crippen molar-refractivity contribution in [3.05, 3.63) is 29.8 Å². The molecule has 1 rings (SSSR count). The van der Waals surface area contributed by atoms with Crippen LogP contribution in [0, 0.1) is 0 Å². The summed E-state index contributed by atoms with van der Waals surface area (Å²) in [5.74, 6) is 0.175. The molecular weight excluding hydrogens is 264 g/mol. The molecule has 0 aliphatic carbocycles. The maximum Gasteiger partial charge on any atom is 0.236 e. The molecule has 0 bridgehead atoms. The van der Waals surface area contributed by atoms with Gasteiger partial charge in [-0.25, -0.2) is 0 Å². The minimum atomic E-state index is -1.21. The van der Waals surface area contributed by atoms with Crippen LogP contribution in [0.3, 0.4) is 0 Å². The molecule has 112 valence electrons. The van der Waals surface area contributed by atoms with Gasteiger partial charge < -0.3 is 10.2 Å². The highest BCUT2D eigenvalue weighted by molar-refractivity contribution is 6.88. The number of likely N-dealkylation sites (N-methyl/N-ethyl adjacent to an activating group) is 1. The molecule has 0 aliphatic heterocycles. The van der Waals surface area contributed by atoms with Crippen LogP contribution in [0.5, 0.6) is 0 Å². The smallest absolute Gasteiger partial charge is 0.236 e. The third-order valence-corrected chi connectivity index (χ3v) is 5.61. The van der Waals surface area contributed by atoms with E-state index in [4.69, 9.17) is 0 Å². The first-order valence-corrected chi connectivity index (χ1v) is 11.0. The van der Waals surface area contributed by atoms with E-state index in [0.717, 1.165) is 19.6 Å². The largest absolute Gasteiger partial charge is 0.342 e. The number of benzene rings is 1. The Kier molecular flexibility index (Phi) is 6.43. The van der Waals surface area contributed by atoms with E-state index in [1.54, 1.807) is 0 Å². The highest BCUT2D eigenvalue weighted by Gasteiger charge is 2.15. The number of amides is 1. The summed E-state index contributed by atoms with van der Waals surface area (Å²) in [6.45, 7) is 13.8. The number of carbonyl (C=O) groups excluding carboxylic acids is 1. The summed E-state index contributed by atoms with van der Waals surface area (Å²) in [6, 6.07) is 8.80. The van der Waals surface area contributed by atoms with Crippen molar-refractivity contribution in [2.24, 2.45) is 0 Å². The minimum absolute atomic E-state index is 0.175. The van der Waals surface area contributed by atoms with Crippen molar-refractivity contribution < 1.29 is 4.79 Å². The maximum absolute atomic E-state index is 11.9. The zero-order valence-electron chi connectivity index (χ0n) is 13.5. The topological polar surface area (TPSA) is 32.3 Å². The molecule has 0 unspecified atom stereocenters. The molecular formula is C16H28N2OSi. The lowest BCUT2D eigenvalue weighted by Crippen LogP contribution is -2.38. The second kappa shape index (κ2) is 7.60. The van der Waals surface area contributed by atoms with Crippen LogP contribution < -0.4 is 10.5 Å². The Morgan fingerprint density at radius 1 is 1.10 bits per heavy atom. The third kappa shape index (κ3) is 5.10. The van der Waals surface area contributed by atoms with Crippen LogP contribution in [0.2, 0.25) is 19.6 Å². The Labute approximate surface area is 124 Å². The summed E-state index contributed by atoms with van der Waals surface area (Å²) in [6.07, 6.45) is 0. The Bertz CT molecular complexity index is 419. The van der Waals surface area contributed by atoms with Gasteiger partial charge in [-0.1, -0.05) is 49.1 Å². The predicted octanol–water partition coefficient (Wildman–Crippen LogP) is 2.19. The zero-order valence-corrected chi connectivity index (χ0v) is 14.5. The number of nitrogens with one attached hydrogen (secondary N) is 1. The van der Waals surface area contributed by atoms with Crippen molar-refractivity contribution >= 4 is 19.2 Å². The summed E-state index contributed by atoms with van der Waals surface area (Å²) < 4.78 is 0. The number of rotatable bonds is 7. The molecule has 0 radical (unpaired) electrons. The van der Waals surface area contributed by atoms with Gasteiger partial charge in [-0.3, -0.25) is 4.79 Å². The fourth-order valence-corrected chi connectivity index (χ4v) is 3.29. The standard InChI is InChI=1S/C16H28N2OSi/c1-6-18(7-2)16(19)13-17-12-14-8-10-15(11-9-14)20(3,4)5/h8-11,17H,6-7,12-13H2,1-5H3. The Hall–Kier alpha value is -1.13. The highest BCUT2D eigenvalue weighted by Crippen LogP contribution is 2.04. The molecule has 0 heterocycles. The molecule has 1 amide bonds. The second-order valence-electron chi connectivity index (χ2n) is 6.12. The molecule has 3 nitrogen and oxygen atoms in total. The van der Waals surface area contributed by atoms with Gasteiger partial charge in [0.1, 0.15) is 0 Å². The summed E-state index contributed by atoms with van der Waals surface area (Å²) in [5.41, 5.74) is 1.24. The number of hydrogen-bond acceptors (Lipinski definition) is 2. The van der Waals surface area contributed by atoms with Crippen LogP contribution in [0.4, 0.5) is 0 Å². The van der Waals surface area contributed by atoms with E-state index in [0.29, 0.717) is 6.54 Å². The van der Waals surface area contributed by atoms with Crippen molar-refractivity contribution in [1.29, 1.82) is 0 Å². The molecule has 4 heteroatoms. The van der Waals surface area contributed by atoms with Crippen LogP contribution in [0.25, 0.3) is 0 Å². The SMILES string of the molecule is CCN(CC)C(=O)CNCc1ccc([Si](C)(C)C)cc1. The van der Waals surface area contributed by atoms with Gasteiger partial charge in [-0.2, -0.15) is 0 Å². The fourth-order valence-electron chi connectivity index (χ4n) is 2.12. The van der Waals surface area contributed by atoms with Gasteiger partial charge in [0.2, 0.25) is 5.91 Å². The van der Waals surface area contributed by atoms with E-state index in [9.17, 15) is 4.79 Å².